The second-order valence-corrected chi connectivity index (χ2v) is 3.97. The SMILES string of the molecule is OC1C=CCCC1OC1CCCCO1. The molecule has 1 fully saturated rings. The fraction of sp³-hybridized carbons (Fsp3) is 0.818. The molecule has 14 heavy (non-hydrogen) atoms. The van der Waals surface area contributed by atoms with Gasteiger partial charge in [-0.25, -0.2) is 0 Å². The normalized spacial score (nSPS) is 38.5. The molecule has 0 spiro atoms. The van der Waals surface area contributed by atoms with Crippen LogP contribution < -0.4 is 0 Å². The molecule has 0 radical (unpaired) electrons. The van der Waals surface area contributed by atoms with Crippen LogP contribution in [0.25, 0.3) is 0 Å². The zero-order chi connectivity index (χ0) is 9.80. The van der Waals surface area contributed by atoms with Crippen LogP contribution in [0.4, 0.5) is 0 Å². The third kappa shape index (κ3) is 2.56. The van der Waals surface area contributed by atoms with Crippen molar-refractivity contribution in [2.45, 2.75) is 50.6 Å². The van der Waals surface area contributed by atoms with Gasteiger partial charge in [-0.1, -0.05) is 12.2 Å². The van der Waals surface area contributed by atoms with E-state index >= 15 is 0 Å². The minimum absolute atomic E-state index is 0.0666. The van der Waals surface area contributed by atoms with Crippen molar-refractivity contribution < 1.29 is 14.6 Å². The van der Waals surface area contributed by atoms with Crippen LogP contribution in [0.1, 0.15) is 32.1 Å². The predicted octanol–water partition coefficient (Wildman–Crippen LogP) is 1.61. The molecule has 3 unspecified atom stereocenters. The van der Waals surface area contributed by atoms with Gasteiger partial charge in [-0.2, -0.15) is 0 Å². The molecule has 1 aliphatic heterocycles. The maximum atomic E-state index is 9.63. The van der Waals surface area contributed by atoms with E-state index in [2.05, 4.69) is 0 Å². The number of hydrogen-bond acceptors (Lipinski definition) is 3. The third-order valence-electron chi connectivity index (χ3n) is 2.80. The first-order valence-electron chi connectivity index (χ1n) is 5.48. The molecular weight excluding hydrogens is 180 g/mol. The standard InChI is InChI=1S/C11H18O3/c12-9-5-1-2-6-10(9)14-11-7-3-4-8-13-11/h1,5,9-12H,2-4,6-8H2. The summed E-state index contributed by atoms with van der Waals surface area (Å²) in [5.74, 6) is 0. The molecule has 0 bridgehead atoms. The van der Waals surface area contributed by atoms with Crippen molar-refractivity contribution in [1.82, 2.24) is 0 Å². The Morgan fingerprint density at radius 1 is 1.29 bits per heavy atom. The lowest BCUT2D eigenvalue weighted by Gasteiger charge is -2.30. The maximum absolute atomic E-state index is 9.63. The van der Waals surface area contributed by atoms with Crippen LogP contribution in [0.15, 0.2) is 12.2 Å². The number of allylic oxidation sites excluding steroid dienone is 1. The smallest absolute Gasteiger partial charge is 0.158 e. The summed E-state index contributed by atoms with van der Waals surface area (Å²) in [5.41, 5.74) is 0. The average molecular weight is 198 g/mol. The van der Waals surface area contributed by atoms with Crippen molar-refractivity contribution in [2.75, 3.05) is 6.61 Å². The van der Waals surface area contributed by atoms with Crippen molar-refractivity contribution in [3.8, 4) is 0 Å². The molecule has 3 heteroatoms. The second kappa shape index (κ2) is 4.91. The number of rotatable bonds is 2. The summed E-state index contributed by atoms with van der Waals surface area (Å²) < 4.78 is 11.2. The molecule has 2 aliphatic rings. The summed E-state index contributed by atoms with van der Waals surface area (Å²) in [6.07, 6.45) is 8.38. The van der Waals surface area contributed by atoms with Gasteiger partial charge in [0, 0.05) is 6.61 Å². The van der Waals surface area contributed by atoms with E-state index in [-0.39, 0.29) is 12.4 Å². The van der Waals surface area contributed by atoms with E-state index in [1.54, 1.807) is 0 Å². The first-order valence-corrected chi connectivity index (χ1v) is 5.48. The minimum atomic E-state index is -0.450. The van der Waals surface area contributed by atoms with E-state index in [0.29, 0.717) is 0 Å². The van der Waals surface area contributed by atoms with Gasteiger partial charge < -0.3 is 14.6 Å². The van der Waals surface area contributed by atoms with Crippen LogP contribution in [-0.2, 0) is 9.47 Å². The lowest BCUT2D eigenvalue weighted by Crippen LogP contribution is -2.35. The van der Waals surface area contributed by atoms with Gasteiger partial charge in [0.05, 0.1) is 12.2 Å². The van der Waals surface area contributed by atoms with Gasteiger partial charge in [-0.3, -0.25) is 0 Å². The first kappa shape index (κ1) is 10.1. The number of aliphatic hydroxyl groups excluding tert-OH is 1. The van der Waals surface area contributed by atoms with Gasteiger partial charge in [0.15, 0.2) is 6.29 Å². The largest absolute Gasteiger partial charge is 0.386 e. The molecule has 0 aromatic carbocycles. The Hall–Kier alpha value is -0.380. The number of ether oxygens (including phenoxy) is 2. The highest BCUT2D eigenvalue weighted by Gasteiger charge is 2.25. The highest BCUT2D eigenvalue weighted by molar-refractivity contribution is 4.98. The Bertz CT molecular complexity index is 197. The second-order valence-electron chi connectivity index (χ2n) is 3.97. The van der Waals surface area contributed by atoms with Crippen molar-refractivity contribution in [1.29, 1.82) is 0 Å². The number of aliphatic hydroxyl groups is 1. The summed E-state index contributed by atoms with van der Waals surface area (Å²) in [4.78, 5) is 0. The van der Waals surface area contributed by atoms with Gasteiger partial charge in [-0.15, -0.1) is 0 Å². The Labute approximate surface area is 84.7 Å². The Kier molecular flexibility index (Phi) is 3.56. The summed E-state index contributed by atoms with van der Waals surface area (Å²) in [6.45, 7) is 0.795. The molecule has 2 rings (SSSR count). The number of hydrogen-bond donors (Lipinski definition) is 1. The van der Waals surface area contributed by atoms with E-state index in [4.69, 9.17) is 9.47 Å². The van der Waals surface area contributed by atoms with Crippen LogP contribution in [0, 0.1) is 0 Å². The van der Waals surface area contributed by atoms with Gasteiger partial charge >= 0.3 is 0 Å². The zero-order valence-electron chi connectivity index (χ0n) is 8.39. The molecule has 1 saturated heterocycles. The van der Waals surface area contributed by atoms with E-state index < -0.39 is 6.10 Å². The van der Waals surface area contributed by atoms with Crippen LogP contribution in [-0.4, -0.2) is 30.2 Å². The zero-order valence-corrected chi connectivity index (χ0v) is 8.39. The van der Waals surface area contributed by atoms with E-state index in [0.717, 1.165) is 32.3 Å². The molecule has 1 aliphatic carbocycles. The van der Waals surface area contributed by atoms with Gasteiger partial charge in [0.1, 0.15) is 0 Å². The predicted molar refractivity (Wildman–Crippen MR) is 52.8 cm³/mol. The summed E-state index contributed by atoms with van der Waals surface area (Å²) in [6, 6.07) is 0. The lowest BCUT2D eigenvalue weighted by molar-refractivity contribution is -0.204. The minimum Gasteiger partial charge on any atom is -0.386 e. The average Bonchev–Trinajstić information content (AvgIpc) is 2.23. The van der Waals surface area contributed by atoms with Crippen LogP contribution in [0.2, 0.25) is 0 Å². The fourth-order valence-corrected chi connectivity index (χ4v) is 1.95. The molecule has 0 amide bonds. The van der Waals surface area contributed by atoms with Crippen LogP contribution in [0.5, 0.6) is 0 Å². The van der Waals surface area contributed by atoms with E-state index in [9.17, 15) is 5.11 Å². The van der Waals surface area contributed by atoms with Crippen LogP contribution in [0.3, 0.4) is 0 Å². The molecule has 80 valence electrons. The molecule has 0 aromatic heterocycles. The van der Waals surface area contributed by atoms with E-state index in [1.165, 1.54) is 6.42 Å². The molecule has 3 nitrogen and oxygen atoms in total. The first-order chi connectivity index (χ1) is 6.86. The Morgan fingerprint density at radius 3 is 2.93 bits per heavy atom. The topological polar surface area (TPSA) is 38.7 Å². The van der Waals surface area contributed by atoms with Gasteiger partial charge in [0.25, 0.3) is 0 Å². The fourth-order valence-electron chi connectivity index (χ4n) is 1.95. The van der Waals surface area contributed by atoms with Crippen molar-refractivity contribution >= 4 is 0 Å². The van der Waals surface area contributed by atoms with Crippen molar-refractivity contribution in [3.05, 3.63) is 12.2 Å². The maximum Gasteiger partial charge on any atom is 0.158 e. The quantitative estimate of drug-likeness (QED) is 0.685. The molecule has 1 N–H and O–H groups in total. The van der Waals surface area contributed by atoms with E-state index in [1.807, 2.05) is 12.2 Å². The van der Waals surface area contributed by atoms with Crippen molar-refractivity contribution in [2.24, 2.45) is 0 Å². The highest BCUT2D eigenvalue weighted by Crippen LogP contribution is 2.21. The molecule has 0 aromatic rings. The van der Waals surface area contributed by atoms with Gasteiger partial charge in [-0.05, 0) is 32.1 Å². The molecule has 0 saturated carbocycles. The van der Waals surface area contributed by atoms with Gasteiger partial charge in [0.2, 0.25) is 0 Å². The Balaban J connectivity index is 1.80. The molecule has 3 atom stereocenters. The third-order valence-corrected chi connectivity index (χ3v) is 2.80. The summed E-state index contributed by atoms with van der Waals surface area (Å²) in [7, 11) is 0. The van der Waals surface area contributed by atoms with Crippen LogP contribution >= 0.6 is 0 Å². The Morgan fingerprint density at radius 2 is 2.21 bits per heavy atom. The van der Waals surface area contributed by atoms with Crippen molar-refractivity contribution in [3.63, 3.8) is 0 Å². The lowest BCUT2D eigenvalue weighted by atomic mass is 10.0. The molecular formula is C11H18O3. The highest BCUT2D eigenvalue weighted by atomic mass is 16.7. The summed E-state index contributed by atoms with van der Waals surface area (Å²) in [5, 5.41) is 9.63. The monoisotopic (exact) mass is 198 g/mol. The molecule has 1 heterocycles. The summed E-state index contributed by atoms with van der Waals surface area (Å²) >= 11 is 0.